The van der Waals surface area contributed by atoms with Crippen molar-refractivity contribution < 1.29 is 14.5 Å². The van der Waals surface area contributed by atoms with Gasteiger partial charge in [0.2, 0.25) is 0 Å². The summed E-state index contributed by atoms with van der Waals surface area (Å²) < 4.78 is 5.24. The third kappa shape index (κ3) is 5.80. The summed E-state index contributed by atoms with van der Waals surface area (Å²) in [5, 5.41) is 14.0. The molecule has 0 spiro atoms. The third-order valence-corrected chi connectivity index (χ3v) is 2.64. The summed E-state index contributed by atoms with van der Waals surface area (Å²) in [5.74, 6) is -0.240. The van der Waals surface area contributed by atoms with Crippen LogP contribution in [0.4, 0.5) is 5.69 Å². The Morgan fingerprint density at radius 3 is 2.58 bits per heavy atom. The van der Waals surface area contributed by atoms with E-state index in [1.54, 1.807) is 0 Å². The highest BCUT2D eigenvalue weighted by Crippen LogP contribution is 2.11. The van der Waals surface area contributed by atoms with Crippen molar-refractivity contribution in [3.63, 3.8) is 0 Å². The number of nitro benzene ring substituents is 1. The molecule has 0 fully saturated rings. The lowest BCUT2D eigenvalue weighted by Crippen LogP contribution is -2.25. The fourth-order valence-corrected chi connectivity index (χ4v) is 1.60. The van der Waals surface area contributed by atoms with Crippen LogP contribution in [0, 0.1) is 10.1 Å². The number of alkyl halides is 1. The lowest BCUT2D eigenvalue weighted by atomic mass is 10.2. The molecule has 0 heterocycles. The Morgan fingerprint density at radius 1 is 1.32 bits per heavy atom. The zero-order valence-electron chi connectivity index (χ0n) is 10.3. The predicted octanol–water partition coefficient (Wildman–Crippen LogP) is 2.13. The molecular formula is C12H15BrN2O4. The van der Waals surface area contributed by atoms with Gasteiger partial charge in [-0.2, -0.15) is 0 Å². The Balaban J connectivity index is 2.31. The van der Waals surface area contributed by atoms with Gasteiger partial charge in [0.1, 0.15) is 0 Å². The molecule has 1 rings (SSSR count). The van der Waals surface area contributed by atoms with E-state index in [1.807, 2.05) is 0 Å². The van der Waals surface area contributed by atoms with Crippen molar-refractivity contribution in [3.8, 4) is 0 Å². The van der Waals surface area contributed by atoms with Gasteiger partial charge in [-0.3, -0.25) is 14.9 Å². The van der Waals surface area contributed by atoms with E-state index in [4.69, 9.17) is 4.74 Å². The lowest BCUT2D eigenvalue weighted by Gasteiger charge is -2.05. The van der Waals surface area contributed by atoms with Crippen molar-refractivity contribution in [3.05, 3.63) is 39.9 Å². The number of hydrogen-bond donors (Lipinski definition) is 1. The summed E-state index contributed by atoms with van der Waals surface area (Å²) in [5.41, 5.74) is 0.381. The number of hydrogen-bond acceptors (Lipinski definition) is 4. The maximum atomic E-state index is 11.7. The molecule has 1 N–H and O–H groups in total. The largest absolute Gasteiger partial charge is 0.381 e. The minimum absolute atomic E-state index is 0.0280. The van der Waals surface area contributed by atoms with Gasteiger partial charge >= 0.3 is 0 Å². The molecule has 1 amide bonds. The fraction of sp³-hybridized carbons (Fsp3) is 0.417. The minimum Gasteiger partial charge on any atom is -0.381 e. The fourth-order valence-electron chi connectivity index (χ4n) is 1.37. The molecule has 7 heteroatoms. The van der Waals surface area contributed by atoms with Crippen LogP contribution in [0.15, 0.2) is 24.3 Å². The van der Waals surface area contributed by atoms with Crippen LogP contribution < -0.4 is 5.32 Å². The van der Waals surface area contributed by atoms with Gasteiger partial charge in [-0.1, -0.05) is 15.9 Å². The summed E-state index contributed by atoms with van der Waals surface area (Å²) in [6.07, 6.45) is 0.728. The van der Waals surface area contributed by atoms with Gasteiger partial charge in [0, 0.05) is 36.2 Å². The molecule has 19 heavy (non-hydrogen) atoms. The number of nitrogens with one attached hydrogen (secondary N) is 1. The number of non-ortho nitro benzene ring substituents is 1. The summed E-state index contributed by atoms with van der Waals surface area (Å²) in [6.45, 7) is 1.75. The zero-order chi connectivity index (χ0) is 14.1. The summed E-state index contributed by atoms with van der Waals surface area (Å²) in [7, 11) is 0. The van der Waals surface area contributed by atoms with Crippen molar-refractivity contribution in [2.75, 3.05) is 25.1 Å². The standard InChI is InChI=1S/C12H15BrN2O4/c13-6-9-19-8-1-7-14-12(16)10-2-4-11(5-3-10)15(17)18/h2-5H,1,6-9H2,(H,14,16). The number of carbonyl (C=O) groups is 1. The molecule has 0 aliphatic carbocycles. The number of nitro groups is 1. The summed E-state index contributed by atoms with van der Waals surface area (Å²) >= 11 is 3.25. The second-order valence-electron chi connectivity index (χ2n) is 3.71. The molecule has 0 unspecified atom stereocenters. The second kappa shape index (κ2) is 8.60. The van der Waals surface area contributed by atoms with Crippen LogP contribution in [-0.4, -0.2) is 35.9 Å². The average Bonchev–Trinajstić information content (AvgIpc) is 2.42. The Labute approximate surface area is 119 Å². The van der Waals surface area contributed by atoms with Crippen LogP contribution >= 0.6 is 15.9 Å². The third-order valence-electron chi connectivity index (χ3n) is 2.31. The van der Waals surface area contributed by atoms with Crippen LogP contribution in [-0.2, 0) is 4.74 Å². The Morgan fingerprint density at radius 2 is 2.00 bits per heavy atom. The van der Waals surface area contributed by atoms with Crippen LogP contribution in [0.3, 0.4) is 0 Å². The minimum atomic E-state index is -0.497. The smallest absolute Gasteiger partial charge is 0.269 e. The number of benzene rings is 1. The molecule has 6 nitrogen and oxygen atoms in total. The predicted molar refractivity (Wildman–Crippen MR) is 74.7 cm³/mol. The first-order valence-corrected chi connectivity index (χ1v) is 6.93. The molecule has 1 aromatic rings. The Hall–Kier alpha value is -1.47. The highest BCUT2D eigenvalue weighted by Gasteiger charge is 2.08. The van der Waals surface area contributed by atoms with Gasteiger partial charge in [-0.25, -0.2) is 0 Å². The van der Waals surface area contributed by atoms with E-state index in [1.165, 1.54) is 24.3 Å². The van der Waals surface area contributed by atoms with E-state index in [0.29, 0.717) is 25.3 Å². The van der Waals surface area contributed by atoms with Gasteiger partial charge < -0.3 is 10.1 Å². The Kier molecular flexibility index (Phi) is 7.06. The molecule has 0 aromatic heterocycles. The van der Waals surface area contributed by atoms with Crippen molar-refractivity contribution in [1.82, 2.24) is 5.32 Å². The quantitative estimate of drug-likeness (QED) is 0.342. The van der Waals surface area contributed by atoms with E-state index in [2.05, 4.69) is 21.2 Å². The van der Waals surface area contributed by atoms with Gasteiger partial charge in [0.25, 0.3) is 11.6 Å². The molecule has 0 aliphatic rings. The van der Waals surface area contributed by atoms with Gasteiger partial charge in [-0.15, -0.1) is 0 Å². The van der Waals surface area contributed by atoms with E-state index < -0.39 is 4.92 Å². The molecule has 0 radical (unpaired) electrons. The van der Waals surface area contributed by atoms with E-state index in [9.17, 15) is 14.9 Å². The average molecular weight is 331 g/mol. The topological polar surface area (TPSA) is 81.5 Å². The maximum absolute atomic E-state index is 11.7. The van der Waals surface area contributed by atoms with E-state index >= 15 is 0 Å². The molecule has 104 valence electrons. The van der Waals surface area contributed by atoms with E-state index in [-0.39, 0.29) is 11.6 Å². The van der Waals surface area contributed by atoms with E-state index in [0.717, 1.165) is 11.8 Å². The highest BCUT2D eigenvalue weighted by atomic mass is 79.9. The van der Waals surface area contributed by atoms with Crippen LogP contribution in [0.2, 0.25) is 0 Å². The molecule has 0 aliphatic heterocycles. The first kappa shape index (κ1) is 15.6. The lowest BCUT2D eigenvalue weighted by molar-refractivity contribution is -0.384. The van der Waals surface area contributed by atoms with Gasteiger partial charge in [-0.05, 0) is 18.6 Å². The van der Waals surface area contributed by atoms with Crippen LogP contribution in [0.5, 0.6) is 0 Å². The second-order valence-corrected chi connectivity index (χ2v) is 4.51. The number of rotatable bonds is 8. The van der Waals surface area contributed by atoms with Gasteiger partial charge in [0.15, 0.2) is 0 Å². The summed E-state index contributed by atoms with van der Waals surface area (Å²) in [6, 6.07) is 5.51. The molecular weight excluding hydrogens is 316 g/mol. The number of amides is 1. The SMILES string of the molecule is O=C(NCCCOCCBr)c1ccc([N+](=O)[O-])cc1. The number of nitrogens with zero attached hydrogens (tertiary/aromatic N) is 1. The highest BCUT2D eigenvalue weighted by molar-refractivity contribution is 9.09. The number of halogens is 1. The molecule has 1 aromatic carbocycles. The molecule has 0 saturated carbocycles. The van der Waals surface area contributed by atoms with Crippen LogP contribution in [0.1, 0.15) is 16.8 Å². The molecule has 0 bridgehead atoms. The number of ether oxygens (including phenoxy) is 1. The molecule has 0 atom stereocenters. The maximum Gasteiger partial charge on any atom is 0.269 e. The van der Waals surface area contributed by atoms with Crippen LogP contribution in [0.25, 0.3) is 0 Å². The van der Waals surface area contributed by atoms with Gasteiger partial charge in [0.05, 0.1) is 11.5 Å². The Bertz CT molecular complexity index is 422. The van der Waals surface area contributed by atoms with Crippen molar-refractivity contribution in [2.24, 2.45) is 0 Å². The monoisotopic (exact) mass is 330 g/mol. The van der Waals surface area contributed by atoms with Crippen molar-refractivity contribution >= 4 is 27.5 Å². The first-order valence-electron chi connectivity index (χ1n) is 5.81. The van der Waals surface area contributed by atoms with Crippen molar-refractivity contribution in [2.45, 2.75) is 6.42 Å². The van der Waals surface area contributed by atoms with Crippen molar-refractivity contribution in [1.29, 1.82) is 0 Å². The normalized spacial score (nSPS) is 10.2. The molecule has 0 saturated heterocycles. The summed E-state index contributed by atoms with van der Waals surface area (Å²) in [4.78, 5) is 21.7. The first-order chi connectivity index (χ1) is 9.15. The number of carbonyl (C=O) groups excluding carboxylic acids is 1. The zero-order valence-corrected chi connectivity index (χ0v) is 11.9.